The zero-order chi connectivity index (χ0) is 18.1. The van der Waals surface area contributed by atoms with Gasteiger partial charge in [0.05, 0.1) is 13.2 Å². The van der Waals surface area contributed by atoms with Gasteiger partial charge in [0, 0.05) is 70.5 Å². The van der Waals surface area contributed by atoms with Crippen LogP contribution in [0.15, 0.2) is 6.20 Å². The summed E-state index contributed by atoms with van der Waals surface area (Å²) in [6, 6.07) is 0.614. The Morgan fingerprint density at radius 2 is 2.08 bits per heavy atom. The number of urea groups is 1. The van der Waals surface area contributed by atoms with Crippen LogP contribution in [0.1, 0.15) is 17.7 Å². The second kappa shape index (κ2) is 7.70. The lowest BCUT2D eigenvalue weighted by molar-refractivity contribution is 0.122. The molecule has 5 rings (SSSR count). The minimum Gasteiger partial charge on any atom is -0.378 e. The third-order valence-electron chi connectivity index (χ3n) is 5.66. The maximum Gasteiger partial charge on any atom is 0.319 e. The normalized spacial score (nSPS) is 26.8. The first-order valence-electron chi connectivity index (χ1n) is 9.58. The van der Waals surface area contributed by atoms with Crippen LogP contribution in [0.25, 0.3) is 0 Å². The van der Waals surface area contributed by atoms with Crippen molar-refractivity contribution in [3.8, 4) is 0 Å². The lowest BCUT2D eigenvalue weighted by atomic mass is 9.95. The number of nitrogens with zero attached hydrogens (tertiary/aromatic N) is 5. The topological polar surface area (TPSA) is 52.2 Å². The van der Waals surface area contributed by atoms with Crippen molar-refractivity contribution in [2.24, 2.45) is 5.92 Å². The average molecular weight is 380 g/mol. The first kappa shape index (κ1) is 18.0. The lowest BCUT2D eigenvalue weighted by Gasteiger charge is -2.35. The average Bonchev–Trinajstić information content (AvgIpc) is 2.92. The molecule has 0 spiro atoms. The molecule has 8 heteroatoms. The molecule has 0 N–H and O–H groups in total. The number of rotatable bonds is 3. The minimum absolute atomic E-state index is 0.149. The molecule has 144 valence electrons. The molecule has 7 nitrogen and oxygen atoms in total. The monoisotopic (exact) mass is 379 g/mol. The summed E-state index contributed by atoms with van der Waals surface area (Å²) in [7, 11) is 3.69. The van der Waals surface area contributed by atoms with Crippen molar-refractivity contribution in [3.05, 3.63) is 11.1 Å². The van der Waals surface area contributed by atoms with Crippen LogP contribution >= 0.6 is 11.3 Å². The molecule has 0 radical (unpaired) electrons. The van der Waals surface area contributed by atoms with Gasteiger partial charge in [-0.3, -0.25) is 4.90 Å². The van der Waals surface area contributed by atoms with Crippen LogP contribution < -0.4 is 4.90 Å². The summed E-state index contributed by atoms with van der Waals surface area (Å²) < 4.78 is 5.43. The molecule has 4 saturated heterocycles. The van der Waals surface area contributed by atoms with Crippen molar-refractivity contribution in [3.63, 3.8) is 0 Å². The summed E-state index contributed by atoms with van der Waals surface area (Å²) >= 11 is 1.81. The van der Waals surface area contributed by atoms with Crippen molar-refractivity contribution in [2.75, 3.05) is 64.9 Å². The van der Waals surface area contributed by atoms with Gasteiger partial charge >= 0.3 is 6.03 Å². The number of fused-ring (bicyclic) bond motifs is 4. The molecule has 0 aromatic carbocycles. The fraction of sp³-hybridized carbons (Fsp3) is 0.778. The Bertz CT molecular complexity index is 631. The first-order chi connectivity index (χ1) is 12.6. The molecule has 4 aliphatic heterocycles. The van der Waals surface area contributed by atoms with Crippen molar-refractivity contribution in [1.82, 2.24) is 19.7 Å². The van der Waals surface area contributed by atoms with Crippen molar-refractivity contribution in [2.45, 2.75) is 25.4 Å². The summed E-state index contributed by atoms with van der Waals surface area (Å²) in [4.78, 5) is 27.0. The smallest absolute Gasteiger partial charge is 0.319 e. The SMILES string of the molecule is CN(C)C(=O)N1C[C@H]2CC[C@@H](C1)N(Cc1cnc(N3CCOCC3)s1)C2. The number of carbonyl (C=O) groups excluding carboxylic acids is 1. The molecule has 2 amide bonds. The van der Waals surface area contributed by atoms with E-state index in [0.717, 1.165) is 57.6 Å². The highest BCUT2D eigenvalue weighted by Crippen LogP contribution is 2.31. The van der Waals surface area contributed by atoms with Gasteiger partial charge in [-0.2, -0.15) is 0 Å². The molecular formula is C18H29N5O2S. The Balaban J connectivity index is 1.41. The molecule has 26 heavy (non-hydrogen) atoms. The van der Waals surface area contributed by atoms with Gasteiger partial charge in [0.15, 0.2) is 5.13 Å². The number of hydrogen-bond acceptors (Lipinski definition) is 6. The number of morpholine rings is 1. The van der Waals surface area contributed by atoms with E-state index in [0.29, 0.717) is 12.0 Å². The van der Waals surface area contributed by atoms with E-state index in [-0.39, 0.29) is 6.03 Å². The molecule has 2 bridgehead atoms. The van der Waals surface area contributed by atoms with Crippen LogP contribution in [-0.4, -0.2) is 91.8 Å². The third-order valence-corrected chi connectivity index (χ3v) is 6.70. The second-order valence-electron chi connectivity index (χ2n) is 7.82. The number of amides is 2. The van der Waals surface area contributed by atoms with Gasteiger partial charge in [0.1, 0.15) is 0 Å². The molecule has 2 atom stereocenters. The highest BCUT2D eigenvalue weighted by Gasteiger charge is 2.37. The molecule has 4 fully saturated rings. The van der Waals surface area contributed by atoms with Gasteiger partial charge in [-0.05, 0) is 18.8 Å². The molecule has 1 aromatic heterocycles. The Kier molecular flexibility index (Phi) is 5.33. The maximum atomic E-state index is 12.4. The second-order valence-corrected chi connectivity index (χ2v) is 8.91. The van der Waals surface area contributed by atoms with Crippen LogP contribution in [0, 0.1) is 5.92 Å². The van der Waals surface area contributed by atoms with Crippen LogP contribution in [0.3, 0.4) is 0 Å². The lowest BCUT2D eigenvalue weighted by Crippen LogP contribution is -2.45. The van der Waals surface area contributed by atoms with E-state index in [1.54, 1.807) is 4.90 Å². The third kappa shape index (κ3) is 3.82. The molecule has 0 unspecified atom stereocenters. The molecular weight excluding hydrogens is 350 g/mol. The molecule has 0 saturated carbocycles. The van der Waals surface area contributed by atoms with E-state index >= 15 is 0 Å². The number of anilines is 1. The summed E-state index contributed by atoms with van der Waals surface area (Å²) in [6.07, 6.45) is 4.47. The highest BCUT2D eigenvalue weighted by molar-refractivity contribution is 7.15. The van der Waals surface area contributed by atoms with E-state index in [1.165, 1.54) is 17.7 Å². The van der Waals surface area contributed by atoms with Crippen molar-refractivity contribution < 1.29 is 9.53 Å². The van der Waals surface area contributed by atoms with Crippen LogP contribution in [0.5, 0.6) is 0 Å². The van der Waals surface area contributed by atoms with Gasteiger partial charge in [0.25, 0.3) is 0 Å². The van der Waals surface area contributed by atoms with E-state index in [1.807, 2.05) is 36.5 Å². The largest absolute Gasteiger partial charge is 0.378 e. The summed E-state index contributed by atoms with van der Waals surface area (Å²) in [5.74, 6) is 0.587. The predicted molar refractivity (Wildman–Crippen MR) is 103 cm³/mol. The van der Waals surface area contributed by atoms with Gasteiger partial charge in [-0.25, -0.2) is 9.78 Å². The van der Waals surface area contributed by atoms with E-state index in [2.05, 4.69) is 14.8 Å². The fourth-order valence-corrected chi connectivity index (χ4v) is 5.27. The number of carbonyl (C=O) groups is 1. The summed E-state index contributed by atoms with van der Waals surface area (Å²) in [6.45, 7) is 7.24. The number of thiazole rings is 1. The van der Waals surface area contributed by atoms with E-state index < -0.39 is 0 Å². The highest BCUT2D eigenvalue weighted by atomic mass is 32.1. The van der Waals surface area contributed by atoms with Crippen molar-refractivity contribution >= 4 is 22.5 Å². The van der Waals surface area contributed by atoms with Crippen molar-refractivity contribution in [1.29, 1.82) is 0 Å². The Morgan fingerprint density at radius 3 is 2.85 bits per heavy atom. The number of aromatic nitrogens is 1. The Morgan fingerprint density at radius 1 is 1.27 bits per heavy atom. The van der Waals surface area contributed by atoms with Gasteiger partial charge in [-0.15, -0.1) is 11.3 Å². The zero-order valence-electron chi connectivity index (χ0n) is 15.8. The predicted octanol–water partition coefficient (Wildman–Crippen LogP) is 1.56. The quantitative estimate of drug-likeness (QED) is 0.798. The standard InChI is InChI=1S/C18H29N5O2S/c1-20(2)18(24)23-11-14-3-4-15(12-23)22(10-14)13-16-9-19-17(26-16)21-5-7-25-8-6-21/h9,14-15H,3-8,10-13H2,1-2H3/t14-,15-/m0/s1. The van der Waals surface area contributed by atoms with Gasteiger partial charge < -0.3 is 19.4 Å². The summed E-state index contributed by atoms with van der Waals surface area (Å²) in [5, 5.41) is 1.12. The Hall–Kier alpha value is -1.38. The van der Waals surface area contributed by atoms with E-state index in [9.17, 15) is 4.79 Å². The molecule has 5 heterocycles. The summed E-state index contributed by atoms with van der Waals surface area (Å²) in [5.41, 5.74) is 0. The maximum absolute atomic E-state index is 12.4. The zero-order valence-corrected chi connectivity index (χ0v) is 16.6. The van der Waals surface area contributed by atoms with Crippen LogP contribution in [0.4, 0.5) is 9.93 Å². The molecule has 1 aromatic rings. The number of hydrogen-bond donors (Lipinski definition) is 0. The van der Waals surface area contributed by atoms with E-state index in [4.69, 9.17) is 4.74 Å². The first-order valence-corrected chi connectivity index (χ1v) is 10.4. The molecule has 4 aliphatic rings. The minimum atomic E-state index is 0.149. The van der Waals surface area contributed by atoms with Crippen LogP contribution in [0.2, 0.25) is 0 Å². The Labute approximate surface area is 159 Å². The van der Waals surface area contributed by atoms with Gasteiger partial charge in [-0.1, -0.05) is 0 Å². The fourth-order valence-electron chi connectivity index (χ4n) is 4.28. The number of ether oxygens (including phenoxy) is 1. The van der Waals surface area contributed by atoms with Gasteiger partial charge in [0.2, 0.25) is 0 Å². The van der Waals surface area contributed by atoms with Crippen LogP contribution in [-0.2, 0) is 11.3 Å². The molecule has 0 aliphatic carbocycles. The number of piperidine rings is 1.